The number of carboxylic acids is 1. The summed E-state index contributed by atoms with van der Waals surface area (Å²) in [5.41, 5.74) is 4.75. The van der Waals surface area contributed by atoms with Crippen LogP contribution < -0.4 is 10.6 Å². The van der Waals surface area contributed by atoms with Gasteiger partial charge in [-0.15, -0.1) is 0 Å². The first kappa shape index (κ1) is 24.0. The van der Waals surface area contributed by atoms with Crippen LogP contribution >= 0.6 is 0 Å². The van der Waals surface area contributed by atoms with Gasteiger partial charge in [-0.2, -0.15) is 5.10 Å². The van der Waals surface area contributed by atoms with Crippen molar-refractivity contribution in [2.45, 2.75) is 32.1 Å². The largest absolute Gasteiger partial charge is 0.481 e. The van der Waals surface area contributed by atoms with Crippen LogP contribution in [0.2, 0.25) is 0 Å². The smallest absolute Gasteiger partial charge is 0.412 e. The SMILES string of the molecule is CC(CCNC(=O)c1cc(NC(=O)OCC2c3ccccc3-c3ccccc32)n[nH]1)CCC(=O)O. The first-order valence-electron chi connectivity index (χ1n) is 11.6. The van der Waals surface area contributed by atoms with E-state index in [9.17, 15) is 14.4 Å². The standard InChI is InChI=1S/C26H28N4O5/c1-16(10-11-24(31)32)12-13-27-25(33)22-14-23(30-29-22)28-26(34)35-15-21-19-8-4-2-6-17(19)18-7-3-5-9-20(18)21/h2-9,14,16,21H,10-13,15H2,1H3,(H,27,33)(H,31,32)(H2,28,29,30,34). The number of H-pyrrole nitrogens is 1. The van der Waals surface area contributed by atoms with E-state index in [-0.39, 0.29) is 42.3 Å². The number of ether oxygens (including phenoxy) is 1. The van der Waals surface area contributed by atoms with E-state index in [0.717, 1.165) is 22.3 Å². The van der Waals surface area contributed by atoms with Gasteiger partial charge in [-0.3, -0.25) is 20.0 Å². The number of carbonyl (C=O) groups excluding carboxylic acids is 2. The highest BCUT2D eigenvalue weighted by atomic mass is 16.5. The Morgan fingerprint density at radius 2 is 1.71 bits per heavy atom. The predicted octanol–water partition coefficient (Wildman–Crippen LogP) is 4.39. The molecule has 0 aliphatic heterocycles. The zero-order chi connectivity index (χ0) is 24.8. The molecule has 4 rings (SSSR count). The van der Waals surface area contributed by atoms with Gasteiger partial charge in [0.15, 0.2) is 5.82 Å². The summed E-state index contributed by atoms with van der Waals surface area (Å²) in [5.74, 6) is -0.869. The van der Waals surface area contributed by atoms with Crippen molar-refractivity contribution in [3.63, 3.8) is 0 Å². The highest BCUT2D eigenvalue weighted by molar-refractivity contribution is 5.94. The Hall–Kier alpha value is -4.14. The van der Waals surface area contributed by atoms with Crippen LogP contribution in [-0.2, 0) is 9.53 Å². The fraction of sp³-hybridized carbons (Fsp3) is 0.308. The molecule has 0 radical (unpaired) electrons. The molecule has 2 aromatic carbocycles. The van der Waals surface area contributed by atoms with E-state index in [1.165, 1.54) is 6.07 Å². The minimum Gasteiger partial charge on any atom is -0.481 e. The molecule has 0 saturated heterocycles. The van der Waals surface area contributed by atoms with Crippen molar-refractivity contribution in [2.24, 2.45) is 5.92 Å². The Morgan fingerprint density at radius 1 is 1.06 bits per heavy atom. The average Bonchev–Trinajstić information content (AvgIpc) is 3.44. The molecule has 1 heterocycles. The molecule has 4 N–H and O–H groups in total. The number of nitrogens with one attached hydrogen (secondary N) is 3. The second-order valence-corrected chi connectivity index (χ2v) is 8.70. The third-order valence-electron chi connectivity index (χ3n) is 6.17. The molecule has 0 bridgehead atoms. The first-order chi connectivity index (χ1) is 16.9. The molecule has 3 aromatic rings. The fourth-order valence-corrected chi connectivity index (χ4v) is 4.28. The van der Waals surface area contributed by atoms with E-state index in [4.69, 9.17) is 9.84 Å². The summed E-state index contributed by atoms with van der Waals surface area (Å²) >= 11 is 0. The number of aromatic nitrogens is 2. The lowest BCUT2D eigenvalue weighted by atomic mass is 9.98. The number of hydrogen-bond acceptors (Lipinski definition) is 5. The van der Waals surface area contributed by atoms with Crippen LogP contribution in [-0.4, -0.2) is 46.4 Å². The normalized spacial score (nSPS) is 12.9. The van der Waals surface area contributed by atoms with Gasteiger partial charge < -0.3 is 15.2 Å². The molecule has 0 fully saturated rings. The molecule has 2 amide bonds. The van der Waals surface area contributed by atoms with Crippen LogP contribution in [0.3, 0.4) is 0 Å². The molecule has 9 heteroatoms. The van der Waals surface area contributed by atoms with E-state index in [0.29, 0.717) is 19.4 Å². The van der Waals surface area contributed by atoms with Crippen molar-refractivity contribution < 1.29 is 24.2 Å². The zero-order valence-corrected chi connectivity index (χ0v) is 19.4. The molecule has 1 aromatic heterocycles. The van der Waals surface area contributed by atoms with E-state index < -0.39 is 12.1 Å². The Kier molecular flexibility index (Phi) is 7.45. The number of carbonyl (C=O) groups is 3. The molecule has 1 aliphatic carbocycles. The number of carboxylic acid groups (broad SMARTS) is 1. The second-order valence-electron chi connectivity index (χ2n) is 8.70. The number of aliphatic carboxylic acids is 1. The molecular formula is C26H28N4O5. The maximum absolute atomic E-state index is 12.4. The van der Waals surface area contributed by atoms with Crippen LogP contribution in [0.1, 0.15) is 53.7 Å². The molecule has 1 aliphatic rings. The molecule has 0 saturated carbocycles. The highest BCUT2D eigenvalue weighted by Crippen LogP contribution is 2.44. The maximum atomic E-state index is 12.4. The van der Waals surface area contributed by atoms with Crippen LogP contribution in [0.5, 0.6) is 0 Å². The Bertz CT molecular complexity index is 1180. The number of rotatable bonds is 10. The lowest BCUT2D eigenvalue weighted by Gasteiger charge is -2.14. The van der Waals surface area contributed by atoms with Gasteiger partial charge in [0, 0.05) is 24.9 Å². The Labute approximate surface area is 202 Å². The summed E-state index contributed by atoms with van der Waals surface area (Å²) in [6.07, 6.45) is 0.680. The molecule has 182 valence electrons. The molecular weight excluding hydrogens is 448 g/mol. The quantitative estimate of drug-likeness (QED) is 0.343. The van der Waals surface area contributed by atoms with Gasteiger partial charge in [-0.1, -0.05) is 55.5 Å². The van der Waals surface area contributed by atoms with Crippen molar-refractivity contribution >= 4 is 23.8 Å². The Morgan fingerprint density at radius 3 is 2.37 bits per heavy atom. The average molecular weight is 477 g/mol. The maximum Gasteiger partial charge on any atom is 0.412 e. The van der Waals surface area contributed by atoms with Gasteiger partial charge in [-0.05, 0) is 41.0 Å². The predicted molar refractivity (Wildman–Crippen MR) is 130 cm³/mol. The monoisotopic (exact) mass is 476 g/mol. The third-order valence-corrected chi connectivity index (χ3v) is 6.17. The number of benzene rings is 2. The third kappa shape index (κ3) is 5.87. The lowest BCUT2D eigenvalue weighted by Crippen LogP contribution is -2.26. The van der Waals surface area contributed by atoms with E-state index in [1.54, 1.807) is 0 Å². The number of nitrogens with zero attached hydrogens (tertiary/aromatic N) is 1. The number of aromatic amines is 1. The van der Waals surface area contributed by atoms with Crippen molar-refractivity contribution in [2.75, 3.05) is 18.5 Å². The fourth-order valence-electron chi connectivity index (χ4n) is 4.28. The zero-order valence-electron chi connectivity index (χ0n) is 19.4. The molecule has 1 unspecified atom stereocenters. The number of amides is 2. The lowest BCUT2D eigenvalue weighted by molar-refractivity contribution is -0.137. The van der Waals surface area contributed by atoms with Crippen molar-refractivity contribution in [1.29, 1.82) is 0 Å². The number of anilines is 1. The summed E-state index contributed by atoms with van der Waals surface area (Å²) < 4.78 is 5.50. The minimum atomic E-state index is -0.824. The first-order valence-corrected chi connectivity index (χ1v) is 11.6. The number of hydrogen-bond donors (Lipinski definition) is 4. The summed E-state index contributed by atoms with van der Waals surface area (Å²) in [5, 5.41) is 20.6. The van der Waals surface area contributed by atoms with E-state index >= 15 is 0 Å². The van der Waals surface area contributed by atoms with Crippen LogP contribution in [0.4, 0.5) is 10.6 Å². The van der Waals surface area contributed by atoms with Crippen molar-refractivity contribution in [1.82, 2.24) is 15.5 Å². The molecule has 1 atom stereocenters. The molecule has 9 nitrogen and oxygen atoms in total. The summed E-state index contributed by atoms with van der Waals surface area (Å²) in [6, 6.07) is 17.6. The van der Waals surface area contributed by atoms with Gasteiger partial charge in [-0.25, -0.2) is 4.79 Å². The van der Waals surface area contributed by atoms with Gasteiger partial charge in [0.25, 0.3) is 5.91 Å². The molecule has 35 heavy (non-hydrogen) atoms. The topological polar surface area (TPSA) is 133 Å². The molecule has 0 spiro atoms. The van der Waals surface area contributed by atoms with E-state index in [2.05, 4.69) is 33.0 Å². The van der Waals surface area contributed by atoms with Crippen LogP contribution in [0.15, 0.2) is 54.6 Å². The van der Waals surface area contributed by atoms with Gasteiger partial charge >= 0.3 is 12.1 Å². The Balaban J connectivity index is 1.26. The van der Waals surface area contributed by atoms with Gasteiger partial charge in [0.1, 0.15) is 12.3 Å². The van der Waals surface area contributed by atoms with Gasteiger partial charge in [0.05, 0.1) is 0 Å². The van der Waals surface area contributed by atoms with E-state index in [1.807, 2.05) is 43.3 Å². The number of fused-ring (bicyclic) bond motifs is 3. The van der Waals surface area contributed by atoms with Crippen LogP contribution in [0, 0.1) is 5.92 Å². The van der Waals surface area contributed by atoms with Crippen molar-refractivity contribution in [3.8, 4) is 11.1 Å². The van der Waals surface area contributed by atoms with Crippen molar-refractivity contribution in [3.05, 3.63) is 71.4 Å². The minimum absolute atomic E-state index is 0.0495. The van der Waals surface area contributed by atoms with Gasteiger partial charge in [0.2, 0.25) is 0 Å². The highest BCUT2D eigenvalue weighted by Gasteiger charge is 2.29. The second kappa shape index (κ2) is 10.9. The summed E-state index contributed by atoms with van der Waals surface area (Å²) in [6.45, 7) is 2.53. The summed E-state index contributed by atoms with van der Waals surface area (Å²) in [4.78, 5) is 35.3. The van der Waals surface area contributed by atoms with Crippen LogP contribution in [0.25, 0.3) is 11.1 Å². The summed E-state index contributed by atoms with van der Waals surface area (Å²) in [7, 11) is 0.